The van der Waals surface area contributed by atoms with Gasteiger partial charge in [-0.25, -0.2) is 0 Å². The molecular weight excluding hydrogens is 278 g/mol. The molecule has 110 valence electrons. The van der Waals surface area contributed by atoms with Gasteiger partial charge in [0, 0.05) is 13.1 Å². The Labute approximate surface area is 124 Å². The van der Waals surface area contributed by atoms with Gasteiger partial charge in [-0.15, -0.1) is 0 Å². The van der Waals surface area contributed by atoms with Crippen LogP contribution in [0.2, 0.25) is 5.02 Å². The second-order valence-corrected chi connectivity index (χ2v) is 5.76. The zero-order valence-electron chi connectivity index (χ0n) is 11.7. The molecule has 1 unspecified atom stereocenters. The van der Waals surface area contributed by atoms with E-state index in [1.807, 2.05) is 12.1 Å². The Balaban J connectivity index is 1.79. The van der Waals surface area contributed by atoms with Crippen molar-refractivity contribution in [1.29, 1.82) is 0 Å². The van der Waals surface area contributed by atoms with E-state index in [2.05, 4.69) is 5.32 Å². The van der Waals surface area contributed by atoms with E-state index in [4.69, 9.17) is 25.8 Å². The molecule has 1 aromatic carbocycles. The van der Waals surface area contributed by atoms with Gasteiger partial charge in [0.2, 0.25) is 0 Å². The summed E-state index contributed by atoms with van der Waals surface area (Å²) in [6.45, 7) is 3.12. The van der Waals surface area contributed by atoms with Crippen molar-refractivity contribution in [2.45, 2.75) is 18.9 Å². The highest BCUT2D eigenvalue weighted by Gasteiger charge is 2.24. The van der Waals surface area contributed by atoms with Crippen LogP contribution in [0.3, 0.4) is 0 Å². The van der Waals surface area contributed by atoms with Crippen LogP contribution >= 0.6 is 11.6 Å². The molecule has 5 heteroatoms. The number of rotatable bonds is 5. The molecule has 4 nitrogen and oxygen atoms in total. The van der Waals surface area contributed by atoms with Crippen LogP contribution in [0.4, 0.5) is 0 Å². The van der Waals surface area contributed by atoms with Crippen molar-refractivity contribution in [1.82, 2.24) is 5.32 Å². The lowest BCUT2D eigenvalue weighted by molar-refractivity contribution is 0.0275. The van der Waals surface area contributed by atoms with Crippen molar-refractivity contribution >= 4 is 11.6 Å². The van der Waals surface area contributed by atoms with Gasteiger partial charge in [0.25, 0.3) is 0 Å². The maximum atomic E-state index is 6.36. The lowest BCUT2D eigenvalue weighted by Crippen LogP contribution is -2.33. The highest BCUT2D eigenvalue weighted by atomic mass is 35.5. The molecule has 0 radical (unpaired) electrons. The normalized spacial score (nSPS) is 22.6. The number of halogens is 1. The van der Waals surface area contributed by atoms with Crippen LogP contribution in [0, 0.1) is 5.92 Å². The Morgan fingerprint density at radius 1 is 1.40 bits per heavy atom. The van der Waals surface area contributed by atoms with Crippen molar-refractivity contribution in [3.05, 3.63) is 22.7 Å². The van der Waals surface area contributed by atoms with Gasteiger partial charge < -0.3 is 19.5 Å². The molecule has 0 aromatic heterocycles. The minimum atomic E-state index is 0.0210. The molecule has 0 amide bonds. The van der Waals surface area contributed by atoms with Gasteiger partial charge in [-0.3, -0.25) is 0 Å². The zero-order chi connectivity index (χ0) is 13.9. The monoisotopic (exact) mass is 297 g/mol. The van der Waals surface area contributed by atoms with E-state index in [0.29, 0.717) is 29.0 Å². The third kappa shape index (κ3) is 3.19. The maximum Gasteiger partial charge on any atom is 0.179 e. The molecule has 0 bridgehead atoms. The SMILES string of the molecule is COc1cc(C2CNCCO2)cc(Cl)c1OCC1CC1. The smallest absolute Gasteiger partial charge is 0.179 e. The average molecular weight is 298 g/mol. The second kappa shape index (κ2) is 6.20. The summed E-state index contributed by atoms with van der Waals surface area (Å²) in [5.41, 5.74) is 1.03. The molecule has 1 N–H and O–H groups in total. The van der Waals surface area contributed by atoms with Gasteiger partial charge in [-0.05, 0) is 36.5 Å². The zero-order valence-corrected chi connectivity index (χ0v) is 12.4. The largest absolute Gasteiger partial charge is 0.493 e. The summed E-state index contributed by atoms with van der Waals surface area (Å²) in [6, 6.07) is 3.88. The lowest BCUT2D eigenvalue weighted by atomic mass is 10.1. The minimum Gasteiger partial charge on any atom is -0.493 e. The lowest BCUT2D eigenvalue weighted by Gasteiger charge is -2.25. The van der Waals surface area contributed by atoms with Crippen LogP contribution in [-0.4, -0.2) is 33.4 Å². The van der Waals surface area contributed by atoms with Crippen LogP contribution in [0.5, 0.6) is 11.5 Å². The number of benzene rings is 1. The predicted octanol–water partition coefficient (Wildman–Crippen LogP) is 2.80. The fourth-order valence-corrected chi connectivity index (χ4v) is 2.60. The Morgan fingerprint density at radius 2 is 2.25 bits per heavy atom. The van der Waals surface area contributed by atoms with E-state index >= 15 is 0 Å². The van der Waals surface area contributed by atoms with E-state index in [0.717, 1.165) is 25.3 Å². The average Bonchev–Trinajstić information content (AvgIpc) is 3.30. The molecule has 1 saturated heterocycles. The first-order valence-electron chi connectivity index (χ1n) is 7.10. The third-order valence-corrected chi connectivity index (χ3v) is 3.99. The second-order valence-electron chi connectivity index (χ2n) is 5.35. The van der Waals surface area contributed by atoms with Crippen molar-refractivity contribution < 1.29 is 14.2 Å². The maximum absolute atomic E-state index is 6.36. The van der Waals surface area contributed by atoms with Crippen LogP contribution in [0.15, 0.2) is 12.1 Å². The fraction of sp³-hybridized carbons (Fsp3) is 0.600. The Morgan fingerprint density at radius 3 is 2.90 bits per heavy atom. The van der Waals surface area contributed by atoms with Crippen molar-refractivity contribution in [2.24, 2.45) is 5.92 Å². The van der Waals surface area contributed by atoms with Gasteiger partial charge in [0.1, 0.15) is 0 Å². The molecule has 3 rings (SSSR count). The number of nitrogens with one attached hydrogen (secondary N) is 1. The number of morpholine rings is 1. The van der Waals surface area contributed by atoms with Crippen LogP contribution in [0.25, 0.3) is 0 Å². The molecule has 2 fully saturated rings. The fourth-order valence-electron chi connectivity index (χ4n) is 2.33. The third-order valence-electron chi connectivity index (χ3n) is 3.71. The first-order chi connectivity index (χ1) is 9.78. The quantitative estimate of drug-likeness (QED) is 0.907. The summed E-state index contributed by atoms with van der Waals surface area (Å²) in [4.78, 5) is 0. The Bertz CT molecular complexity index is 470. The first kappa shape index (κ1) is 14.0. The van der Waals surface area contributed by atoms with Crippen LogP contribution in [0.1, 0.15) is 24.5 Å². The van der Waals surface area contributed by atoms with E-state index in [9.17, 15) is 0 Å². The molecule has 1 saturated carbocycles. The Kier molecular flexibility index (Phi) is 4.34. The highest BCUT2D eigenvalue weighted by molar-refractivity contribution is 6.32. The molecule has 2 aliphatic rings. The molecule has 1 atom stereocenters. The number of hydrogen-bond donors (Lipinski definition) is 1. The molecule has 1 aromatic rings. The molecular formula is C15H20ClNO3. The highest BCUT2D eigenvalue weighted by Crippen LogP contribution is 2.40. The number of methoxy groups -OCH3 is 1. The van der Waals surface area contributed by atoms with Gasteiger partial charge in [-0.1, -0.05) is 11.6 Å². The summed E-state index contributed by atoms with van der Waals surface area (Å²) >= 11 is 6.36. The standard InChI is InChI=1S/C15H20ClNO3/c1-18-13-7-11(14-8-17-4-5-19-14)6-12(16)15(13)20-9-10-2-3-10/h6-7,10,14,17H,2-5,8-9H2,1H3. The summed E-state index contributed by atoms with van der Waals surface area (Å²) in [6.07, 6.45) is 2.52. The molecule has 20 heavy (non-hydrogen) atoms. The molecule has 1 aliphatic heterocycles. The van der Waals surface area contributed by atoms with Crippen molar-refractivity contribution in [3.63, 3.8) is 0 Å². The van der Waals surface area contributed by atoms with Gasteiger partial charge in [0.15, 0.2) is 11.5 Å². The molecule has 0 spiro atoms. The van der Waals surface area contributed by atoms with Gasteiger partial charge >= 0.3 is 0 Å². The van der Waals surface area contributed by atoms with Crippen molar-refractivity contribution in [2.75, 3.05) is 33.4 Å². The topological polar surface area (TPSA) is 39.7 Å². The van der Waals surface area contributed by atoms with Crippen LogP contribution in [-0.2, 0) is 4.74 Å². The first-order valence-corrected chi connectivity index (χ1v) is 7.48. The molecule has 1 aliphatic carbocycles. The van der Waals surface area contributed by atoms with Gasteiger partial charge in [-0.2, -0.15) is 0 Å². The minimum absolute atomic E-state index is 0.0210. The summed E-state index contributed by atoms with van der Waals surface area (Å²) in [7, 11) is 1.64. The summed E-state index contributed by atoms with van der Waals surface area (Å²) < 4.78 is 17.0. The van der Waals surface area contributed by atoms with Gasteiger partial charge in [0.05, 0.1) is 31.5 Å². The molecule has 1 heterocycles. The predicted molar refractivity (Wildman–Crippen MR) is 77.8 cm³/mol. The van der Waals surface area contributed by atoms with Crippen molar-refractivity contribution in [3.8, 4) is 11.5 Å². The number of hydrogen-bond acceptors (Lipinski definition) is 4. The Hall–Kier alpha value is -0.970. The summed E-state index contributed by atoms with van der Waals surface area (Å²) in [5.74, 6) is 2.01. The van der Waals surface area contributed by atoms with E-state index in [1.165, 1.54) is 12.8 Å². The summed E-state index contributed by atoms with van der Waals surface area (Å²) in [5, 5.41) is 3.90. The van der Waals surface area contributed by atoms with E-state index < -0.39 is 0 Å². The van der Waals surface area contributed by atoms with E-state index in [-0.39, 0.29) is 6.10 Å². The van der Waals surface area contributed by atoms with E-state index in [1.54, 1.807) is 7.11 Å². The van der Waals surface area contributed by atoms with Crippen LogP contribution < -0.4 is 14.8 Å². The number of ether oxygens (including phenoxy) is 3.